The first-order valence-corrected chi connectivity index (χ1v) is 29.7. The van der Waals surface area contributed by atoms with Crippen LogP contribution in [0.1, 0.15) is 196 Å². The molecule has 6 aliphatic rings. The van der Waals surface area contributed by atoms with Gasteiger partial charge in [0.05, 0.1) is 21.8 Å². The Bertz CT molecular complexity index is 3540. The van der Waals surface area contributed by atoms with Gasteiger partial charge in [-0.25, -0.2) is 0 Å². The molecule has 6 aromatic carbocycles. The highest BCUT2D eigenvalue weighted by Gasteiger charge is 2.63. The first-order chi connectivity index (χ1) is 35.2. The number of hydrogen-bond acceptors (Lipinski definition) is 4. The average molecular weight is 1010 g/mol. The molecule has 2 saturated carbocycles. The predicted molar refractivity (Wildman–Crippen MR) is 327 cm³/mol. The Morgan fingerprint density at radius 3 is 1.64 bits per heavy atom. The average Bonchev–Trinajstić information content (AvgIpc) is 3.90. The van der Waals surface area contributed by atoms with Crippen LogP contribution < -0.4 is 31.1 Å². The van der Waals surface area contributed by atoms with Crippen LogP contribution in [0, 0.1) is 0 Å². The molecule has 386 valence electrons. The Labute approximate surface area is 455 Å². The topological polar surface area (TPSA) is 9.72 Å². The summed E-state index contributed by atoms with van der Waals surface area (Å²) in [6, 6.07) is 44.7. The zero-order valence-electron chi connectivity index (χ0n) is 48.4. The van der Waals surface area contributed by atoms with Gasteiger partial charge in [-0.2, -0.15) is 0 Å². The number of benzene rings is 6. The van der Waals surface area contributed by atoms with E-state index in [0.29, 0.717) is 0 Å². The van der Waals surface area contributed by atoms with Crippen LogP contribution in [-0.2, 0) is 32.5 Å². The maximum atomic E-state index is 2.99. The van der Waals surface area contributed by atoms with Crippen molar-refractivity contribution in [2.24, 2.45) is 0 Å². The van der Waals surface area contributed by atoms with Crippen LogP contribution in [0.2, 0.25) is 0 Å². The predicted octanol–water partition coefficient (Wildman–Crippen LogP) is 17.9. The van der Waals surface area contributed by atoms with Crippen LogP contribution >= 0.6 is 11.3 Å². The van der Waals surface area contributed by atoms with Crippen LogP contribution in [-0.4, -0.2) is 17.8 Å². The molecule has 4 aliphatic heterocycles. The van der Waals surface area contributed by atoms with Gasteiger partial charge in [-0.1, -0.05) is 195 Å². The summed E-state index contributed by atoms with van der Waals surface area (Å²) in [4.78, 5) is 8.68. The highest BCUT2D eigenvalue weighted by Crippen LogP contribution is 2.66. The van der Waals surface area contributed by atoms with Gasteiger partial charge in [0.2, 0.25) is 0 Å². The largest absolute Gasteiger partial charge is 0.335 e. The Balaban J connectivity index is 1.21. The molecule has 0 N–H and O–H groups in total. The summed E-state index contributed by atoms with van der Waals surface area (Å²) in [6.07, 6.45) is 9.75. The molecule has 2 aliphatic carbocycles. The number of anilines is 7. The second-order valence-electron chi connectivity index (χ2n) is 29.3. The van der Waals surface area contributed by atoms with Crippen LogP contribution in [0.25, 0.3) is 21.2 Å². The van der Waals surface area contributed by atoms with Gasteiger partial charge in [0, 0.05) is 49.5 Å². The summed E-state index contributed by atoms with van der Waals surface area (Å²) >= 11 is 2.02. The van der Waals surface area contributed by atoms with E-state index in [0.717, 1.165) is 6.42 Å². The monoisotopic (exact) mass is 1010 g/mol. The molecule has 13 rings (SSSR count). The van der Waals surface area contributed by atoms with Crippen molar-refractivity contribution in [3.8, 4) is 11.1 Å². The van der Waals surface area contributed by atoms with Gasteiger partial charge in [0.1, 0.15) is 0 Å². The van der Waals surface area contributed by atoms with Gasteiger partial charge < -0.3 is 14.7 Å². The lowest BCUT2D eigenvalue weighted by atomic mass is 9.33. The third-order valence-corrected chi connectivity index (χ3v) is 22.0. The molecule has 2 fully saturated rings. The minimum absolute atomic E-state index is 0.00235. The van der Waals surface area contributed by atoms with Crippen molar-refractivity contribution in [1.82, 2.24) is 0 Å². The van der Waals surface area contributed by atoms with Crippen LogP contribution in [0.5, 0.6) is 0 Å². The molecule has 4 atom stereocenters. The molecule has 0 radical (unpaired) electrons. The maximum Gasteiger partial charge on any atom is 0.254 e. The zero-order chi connectivity index (χ0) is 52.9. The highest BCUT2D eigenvalue weighted by atomic mass is 32.1. The Morgan fingerprint density at radius 2 is 1.00 bits per heavy atom. The molecule has 4 unspecified atom stereocenters. The highest BCUT2D eigenvalue weighted by molar-refractivity contribution is 7.26. The molecule has 5 heterocycles. The summed E-state index contributed by atoms with van der Waals surface area (Å²) in [5, 5.41) is 2.77. The van der Waals surface area contributed by atoms with Gasteiger partial charge in [-0.3, -0.25) is 0 Å². The normalized spacial score (nSPS) is 24.7. The van der Waals surface area contributed by atoms with Crippen molar-refractivity contribution in [3.63, 3.8) is 0 Å². The lowest BCUT2D eigenvalue weighted by Crippen LogP contribution is -2.64. The second kappa shape index (κ2) is 15.7. The maximum absolute atomic E-state index is 2.99. The number of nitrogens with zero attached hydrogens (tertiary/aromatic N) is 3. The van der Waals surface area contributed by atoms with Crippen molar-refractivity contribution in [2.45, 2.75) is 206 Å². The fourth-order valence-electron chi connectivity index (χ4n) is 15.8. The molecule has 0 amide bonds. The van der Waals surface area contributed by atoms with Gasteiger partial charge in [-0.15, -0.1) is 11.3 Å². The molecule has 0 spiro atoms. The molecular formula is C70H82BN3S. The number of hydrogen-bond donors (Lipinski definition) is 0. The second-order valence-corrected chi connectivity index (χ2v) is 30.3. The van der Waals surface area contributed by atoms with Crippen molar-refractivity contribution in [3.05, 3.63) is 143 Å². The van der Waals surface area contributed by atoms with Crippen molar-refractivity contribution < 1.29 is 0 Å². The zero-order valence-corrected chi connectivity index (χ0v) is 49.2. The molecular weight excluding hydrogens is 926 g/mol. The van der Waals surface area contributed by atoms with E-state index in [-0.39, 0.29) is 50.3 Å². The van der Waals surface area contributed by atoms with E-state index in [9.17, 15) is 0 Å². The molecule has 5 heteroatoms. The van der Waals surface area contributed by atoms with Crippen molar-refractivity contribution >= 4 is 83.6 Å². The van der Waals surface area contributed by atoms with E-state index >= 15 is 0 Å². The lowest BCUT2D eigenvalue weighted by molar-refractivity contribution is 0.194. The van der Waals surface area contributed by atoms with Crippen LogP contribution in [0.15, 0.2) is 109 Å². The molecule has 0 saturated heterocycles. The summed E-state index contributed by atoms with van der Waals surface area (Å²) < 4.78 is 1.37. The van der Waals surface area contributed by atoms with Gasteiger partial charge in [-0.05, 0) is 158 Å². The fraction of sp³-hybridized carbons (Fsp3) is 0.457. The van der Waals surface area contributed by atoms with Gasteiger partial charge in [0.15, 0.2) is 0 Å². The minimum Gasteiger partial charge on any atom is -0.335 e. The van der Waals surface area contributed by atoms with E-state index in [1.54, 1.807) is 11.1 Å². The van der Waals surface area contributed by atoms with E-state index in [2.05, 4.69) is 235 Å². The minimum atomic E-state index is -0.118. The number of rotatable bonds is 3. The van der Waals surface area contributed by atoms with Crippen LogP contribution in [0.3, 0.4) is 0 Å². The van der Waals surface area contributed by atoms with E-state index in [1.165, 1.54) is 144 Å². The summed E-state index contributed by atoms with van der Waals surface area (Å²) in [5.74, 6) is 0. The van der Waals surface area contributed by atoms with Gasteiger partial charge in [0.25, 0.3) is 6.71 Å². The Morgan fingerprint density at radius 1 is 0.467 bits per heavy atom. The van der Waals surface area contributed by atoms with Crippen LogP contribution in [0.4, 0.5) is 39.1 Å². The standard InChI is InChI=1S/C70H82BN3S/c1-63(2,3)44-26-29-54(49(36-44)43-24-18-17-19-25-43)72-56-41-48(73-55-30-27-46(65(7,8)9)38-51(55)67(13)32-20-22-34-69(67,73)15)42-57-60(56)71(59-50-37-45(64(4,5)6)28-31-58(50)75-62(59)72)53-40-47(66(10,11)12)39-52-61(53)74(57)70(16)35-23-21-33-68(52,70)14/h17-19,24-31,36-42H,20-23,32-35H2,1-16H3. The van der Waals surface area contributed by atoms with E-state index in [4.69, 9.17) is 0 Å². The Kier molecular flexibility index (Phi) is 10.3. The number of thiophene rings is 1. The first kappa shape index (κ1) is 49.3. The quantitative estimate of drug-likeness (QED) is 0.163. The third kappa shape index (κ3) is 6.70. The summed E-state index contributed by atoms with van der Waals surface area (Å²) in [6.45, 7) is 39.4. The Hall–Kier alpha value is -5.26. The third-order valence-electron chi connectivity index (χ3n) is 20.8. The molecule has 1 aromatic heterocycles. The van der Waals surface area contributed by atoms with Crippen molar-refractivity contribution in [1.29, 1.82) is 0 Å². The first-order valence-electron chi connectivity index (χ1n) is 28.9. The van der Waals surface area contributed by atoms with E-state index < -0.39 is 0 Å². The molecule has 3 nitrogen and oxygen atoms in total. The summed E-state index contributed by atoms with van der Waals surface area (Å²) in [7, 11) is 0. The SMILES string of the molecule is CC(C)(C)c1ccc(N2c3cc(N4c5ccc(C(C)(C)C)cc5C5(C)CCCCC45C)cc4c3B(c3cc(C(C)(C)C)cc5c3N4C3(C)CCCCC53C)c3c2sc2ccc(C(C)(C)C)cc32)c(-c2ccccc2)c1. The van der Waals surface area contributed by atoms with Gasteiger partial charge >= 0.3 is 0 Å². The smallest absolute Gasteiger partial charge is 0.254 e. The van der Waals surface area contributed by atoms with E-state index in [1.807, 2.05) is 11.3 Å². The lowest BCUT2D eigenvalue weighted by Gasteiger charge is -2.53. The fourth-order valence-corrected chi connectivity index (χ4v) is 17.0. The van der Waals surface area contributed by atoms with Crippen molar-refractivity contribution in [2.75, 3.05) is 14.7 Å². The number of fused-ring (bicyclic) bond motifs is 12. The molecule has 0 bridgehead atoms. The summed E-state index contributed by atoms with van der Waals surface area (Å²) in [5.41, 5.74) is 23.8. The molecule has 7 aromatic rings. The molecule has 75 heavy (non-hydrogen) atoms.